The van der Waals surface area contributed by atoms with Gasteiger partial charge in [-0.2, -0.15) is 0 Å². The maximum absolute atomic E-state index is 12.6. The minimum Gasteiger partial charge on any atom is -0.466 e. The largest absolute Gasteiger partial charge is 0.466 e. The molecule has 0 aliphatic heterocycles. The van der Waals surface area contributed by atoms with E-state index in [1.807, 2.05) is 91.0 Å². The highest BCUT2D eigenvalue weighted by Gasteiger charge is 2.29. The Labute approximate surface area is 176 Å². The van der Waals surface area contributed by atoms with E-state index in [2.05, 4.69) is 0 Å². The Balaban J connectivity index is 2.47. The molecule has 6 heteroatoms. The third kappa shape index (κ3) is 4.42. The molecule has 0 spiro atoms. The highest BCUT2D eigenvalue weighted by atomic mass is 31.2. The lowest BCUT2D eigenvalue weighted by molar-refractivity contribution is -0.138. The molecule has 0 N–H and O–H groups in total. The molecule has 3 aromatic carbocycles. The van der Waals surface area contributed by atoms with E-state index in [0.29, 0.717) is 0 Å². The standard InChI is InChI=1S/C24H22NO4P/c1-28-23(26)18-22(24(27)29-2)25-30(19-12-6-3-7-13-19,20-14-8-4-9-15-20)21-16-10-5-11-17-21/h3-18H,1-2H3/b22-18+. The summed E-state index contributed by atoms with van der Waals surface area (Å²) < 4.78 is 14.6. The summed E-state index contributed by atoms with van der Waals surface area (Å²) in [4.78, 5) is 24.5. The summed E-state index contributed by atoms with van der Waals surface area (Å²) in [5.74, 6) is -1.38. The fourth-order valence-corrected chi connectivity index (χ4v) is 6.63. The van der Waals surface area contributed by atoms with Gasteiger partial charge >= 0.3 is 11.9 Å². The maximum atomic E-state index is 12.6. The molecular formula is C24H22NO4P. The number of carbonyl (C=O) groups is 2. The second-order valence-electron chi connectivity index (χ2n) is 6.29. The summed E-state index contributed by atoms with van der Waals surface area (Å²) in [5.41, 5.74) is -0.0887. The molecule has 0 aliphatic carbocycles. The van der Waals surface area contributed by atoms with Crippen molar-refractivity contribution >= 4 is 34.9 Å². The topological polar surface area (TPSA) is 65.0 Å². The molecule has 3 rings (SSSR count). The predicted octanol–water partition coefficient (Wildman–Crippen LogP) is 3.39. The molecule has 5 nitrogen and oxygen atoms in total. The zero-order valence-corrected chi connectivity index (χ0v) is 17.7. The zero-order chi connectivity index (χ0) is 21.4. The van der Waals surface area contributed by atoms with Gasteiger partial charge in [-0.25, -0.2) is 14.3 Å². The van der Waals surface area contributed by atoms with E-state index in [9.17, 15) is 9.59 Å². The quantitative estimate of drug-likeness (QED) is 0.349. The number of carbonyl (C=O) groups excluding carboxylic acids is 2. The fraction of sp³-hybridized carbons (Fsp3) is 0.0833. The molecule has 0 unspecified atom stereocenters. The molecule has 0 fully saturated rings. The molecule has 0 saturated heterocycles. The SMILES string of the molecule is COC(=O)/C=C(/N=P(c1ccccc1)(c1ccccc1)c1ccccc1)C(=O)OC. The number of esters is 2. The van der Waals surface area contributed by atoms with Crippen LogP contribution in [-0.4, -0.2) is 26.2 Å². The average Bonchev–Trinajstić information content (AvgIpc) is 2.82. The summed E-state index contributed by atoms with van der Waals surface area (Å²) in [7, 11) is -0.183. The molecule has 0 saturated carbocycles. The fourth-order valence-electron chi connectivity index (χ4n) is 3.12. The van der Waals surface area contributed by atoms with Gasteiger partial charge in [0.15, 0.2) is 5.70 Å². The van der Waals surface area contributed by atoms with Gasteiger partial charge in [0.1, 0.15) is 0 Å². The number of ether oxygens (including phenoxy) is 2. The smallest absolute Gasteiger partial charge is 0.356 e. The van der Waals surface area contributed by atoms with Crippen LogP contribution in [0.2, 0.25) is 0 Å². The number of rotatable bonds is 6. The van der Waals surface area contributed by atoms with E-state index in [0.717, 1.165) is 22.0 Å². The van der Waals surface area contributed by atoms with Crippen LogP contribution in [-0.2, 0) is 19.1 Å². The lowest BCUT2D eigenvalue weighted by Gasteiger charge is -2.27. The second-order valence-corrected chi connectivity index (χ2v) is 9.31. The Morgan fingerprint density at radius 2 is 1.10 bits per heavy atom. The summed E-state index contributed by atoms with van der Waals surface area (Å²) >= 11 is 0. The monoisotopic (exact) mass is 419 g/mol. The Hall–Kier alpha value is -3.43. The first kappa shape index (κ1) is 21.3. The van der Waals surface area contributed by atoms with Gasteiger partial charge in [0.05, 0.1) is 27.4 Å². The van der Waals surface area contributed by atoms with Crippen molar-refractivity contribution in [1.82, 2.24) is 0 Å². The number of hydrogen-bond donors (Lipinski definition) is 0. The first-order valence-electron chi connectivity index (χ1n) is 9.29. The molecule has 0 aliphatic rings. The summed E-state index contributed by atoms with van der Waals surface area (Å²) in [6.07, 6.45) is 1.08. The van der Waals surface area contributed by atoms with Crippen molar-refractivity contribution in [3.63, 3.8) is 0 Å². The molecule has 0 atom stereocenters. The average molecular weight is 419 g/mol. The molecule has 3 aromatic rings. The van der Waals surface area contributed by atoms with Crippen molar-refractivity contribution in [3.8, 4) is 0 Å². The van der Waals surface area contributed by atoms with E-state index in [1.165, 1.54) is 14.2 Å². The molecule has 0 bridgehead atoms. The van der Waals surface area contributed by atoms with Crippen molar-refractivity contribution in [3.05, 3.63) is 103 Å². The summed E-state index contributed by atoms with van der Waals surface area (Å²) in [5, 5.41) is 2.84. The molecule has 0 amide bonds. The van der Waals surface area contributed by atoms with Crippen molar-refractivity contribution in [2.75, 3.05) is 14.2 Å². The van der Waals surface area contributed by atoms with Gasteiger partial charge in [-0.15, -0.1) is 0 Å². The van der Waals surface area contributed by atoms with Crippen LogP contribution >= 0.6 is 7.05 Å². The predicted molar refractivity (Wildman–Crippen MR) is 120 cm³/mol. The van der Waals surface area contributed by atoms with Crippen LogP contribution in [0, 0.1) is 0 Å². The Bertz CT molecular complexity index is 990. The first-order valence-corrected chi connectivity index (χ1v) is 11.0. The van der Waals surface area contributed by atoms with Crippen LogP contribution in [0.15, 0.2) is 108 Å². The molecule has 30 heavy (non-hydrogen) atoms. The number of nitrogens with zero attached hydrogens (tertiary/aromatic N) is 1. The van der Waals surface area contributed by atoms with E-state index in [4.69, 9.17) is 14.2 Å². The second kappa shape index (κ2) is 9.86. The minimum atomic E-state index is -2.70. The van der Waals surface area contributed by atoms with Crippen LogP contribution < -0.4 is 15.9 Å². The molecular weight excluding hydrogens is 397 g/mol. The van der Waals surface area contributed by atoms with Crippen LogP contribution in [0.3, 0.4) is 0 Å². The van der Waals surface area contributed by atoms with Gasteiger partial charge in [0.2, 0.25) is 0 Å². The number of methoxy groups -OCH3 is 2. The van der Waals surface area contributed by atoms with Crippen LogP contribution in [0.4, 0.5) is 0 Å². The number of benzene rings is 3. The van der Waals surface area contributed by atoms with Crippen molar-refractivity contribution in [2.45, 2.75) is 0 Å². The Kier molecular flexibility index (Phi) is 6.99. The third-order valence-electron chi connectivity index (χ3n) is 4.50. The lowest BCUT2D eigenvalue weighted by Crippen LogP contribution is -2.26. The Morgan fingerprint density at radius 1 is 0.700 bits per heavy atom. The maximum Gasteiger partial charge on any atom is 0.356 e. The van der Waals surface area contributed by atoms with E-state index in [-0.39, 0.29) is 5.70 Å². The summed E-state index contributed by atoms with van der Waals surface area (Å²) in [6, 6.07) is 29.4. The summed E-state index contributed by atoms with van der Waals surface area (Å²) in [6.45, 7) is 0. The Morgan fingerprint density at radius 3 is 1.43 bits per heavy atom. The molecule has 0 radical (unpaired) electrons. The van der Waals surface area contributed by atoms with Gasteiger partial charge in [0.25, 0.3) is 0 Å². The van der Waals surface area contributed by atoms with Crippen LogP contribution in [0.5, 0.6) is 0 Å². The first-order chi connectivity index (χ1) is 14.6. The zero-order valence-electron chi connectivity index (χ0n) is 16.8. The van der Waals surface area contributed by atoms with Gasteiger partial charge in [-0.05, 0) is 0 Å². The van der Waals surface area contributed by atoms with E-state index >= 15 is 0 Å². The lowest BCUT2D eigenvalue weighted by atomic mass is 10.4. The third-order valence-corrected chi connectivity index (χ3v) is 8.15. The van der Waals surface area contributed by atoms with Crippen molar-refractivity contribution in [2.24, 2.45) is 4.74 Å². The van der Waals surface area contributed by atoms with Gasteiger partial charge in [0, 0.05) is 15.9 Å². The van der Waals surface area contributed by atoms with E-state index < -0.39 is 19.0 Å². The van der Waals surface area contributed by atoms with Crippen LogP contribution in [0.25, 0.3) is 0 Å². The minimum absolute atomic E-state index is 0.0887. The van der Waals surface area contributed by atoms with Crippen LogP contribution in [0.1, 0.15) is 0 Å². The van der Waals surface area contributed by atoms with Gasteiger partial charge in [-0.3, -0.25) is 0 Å². The van der Waals surface area contributed by atoms with Crippen molar-refractivity contribution < 1.29 is 19.1 Å². The highest BCUT2D eigenvalue weighted by Crippen LogP contribution is 2.47. The number of hydrogen-bond acceptors (Lipinski definition) is 5. The van der Waals surface area contributed by atoms with Gasteiger partial charge in [-0.1, -0.05) is 91.0 Å². The molecule has 0 aromatic heterocycles. The molecule has 152 valence electrons. The molecule has 0 heterocycles. The van der Waals surface area contributed by atoms with E-state index in [1.54, 1.807) is 0 Å². The normalized spacial score (nSPS) is 11.5. The van der Waals surface area contributed by atoms with Crippen molar-refractivity contribution in [1.29, 1.82) is 0 Å². The van der Waals surface area contributed by atoms with Gasteiger partial charge < -0.3 is 9.47 Å². The highest BCUT2D eigenvalue weighted by molar-refractivity contribution is 7.87.